The van der Waals surface area contributed by atoms with Gasteiger partial charge in [0.1, 0.15) is 5.75 Å². The molecule has 1 aromatic carbocycles. The Bertz CT molecular complexity index is 781. The average molecular weight is 340 g/mol. The highest BCUT2D eigenvalue weighted by Crippen LogP contribution is 2.39. The molecule has 2 amide bonds. The number of carbonyl (C=O) groups excluding carboxylic acids is 2. The zero-order chi connectivity index (χ0) is 17.9. The van der Waals surface area contributed by atoms with Crippen LogP contribution in [0, 0.1) is 0 Å². The van der Waals surface area contributed by atoms with Gasteiger partial charge in [-0.1, -0.05) is 6.07 Å². The number of rotatable bonds is 4. The first-order valence-corrected chi connectivity index (χ1v) is 8.08. The van der Waals surface area contributed by atoms with Crippen LogP contribution < -0.4 is 10.1 Å². The first-order chi connectivity index (χ1) is 12.1. The molecule has 0 spiro atoms. The summed E-state index contributed by atoms with van der Waals surface area (Å²) in [6.07, 6.45) is 5.84. The lowest BCUT2D eigenvalue weighted by atomic mass is 9.90. The van der Waals surface area contributed by atoms with Crippen LogP contribution in [0.25, 0.3) is 0 Å². The molecule has 0 bridgehead atoms. The van der Waals surface area contributed by atoms with Crippen molar-refractivity contribution < 1.29 is 14.3 Å². The van der Waals surface area contributed by atoms with Gasteiger partial charge in [0, 0.05) is 31.5 Å². The molecular weight excluding hydrogens is 320 g/mol. The van der Waals surface area contributed by atoms with E-state index in [-0.39, 0.29) is 11.8 Å². The van der Waals surface area contributed by atoms with Gasteiger partial charge in [-0.15, -0.1) is 0 Å². The fourth-order valence-electron chi connectivity index (χ4n) is 3.34. The maximum absolute atomic E-state index is 13.2. The lowest BCUT2D eigenvalue weighted by Gasteiger charge is -2.36. The topological polar surface area (TPSA) is 84.4 Å². The van der Waals surface area contributed by atoms with E-state index in [2.05, 4.69) is 15.3 Å². The van der Waals surface area contributed by atoms with Crippen molar-refractivity contribution in [2.24, 2.45) is 0 Å². The van der Waals surface area contributed by atoms with Crippen LogP contribution in [0.4, 0.5) is 0 Å². The van der Waals surface area contributed by atoms with Gasteiger partial charge in [-0.25, -0.2) is 0 Å². The highest BCUT2D eigenvalue weighted by atomic mass is 16.5. The molecule has 0 saturated carbocycles. The molecule has 1 N–H and O–H groups in total. The number of benzene rings is 1. The predicted octanol–water partition coefficient (Wildman–Crippen LogP) is 1.36. The van der Waals surface area contributed by atoms with Gasteiger partial charge in [-0.3, -0.25) is 19.6 Å². The van der Waals surface area contributed by atoms with E-state index >= 15 is 0 Å². The molecule has 1 aromatic heterocycles. The summed E-state index contributed by atoms with van der Waals surface area (Å²) in [6.45, 7) is 0.472. The SMILES string of the molecule is CNC(=O)[C@]1(c2cnccn2)CCCN1C(=O)c1cccc(OC)c1. The van der Waals surface area contributed by atoms with Crippen molar-refractivity contribution in [2.75, 3.05) is 20.7 Å². The van der Waals surface area contributed by atoms with E-state index in [0.29, 0.717) is 36.4 Å². The standard InChI is InChI=1S/C18H20N4O3/c1-19-17(24)18(15-12-20-8-9-21-15)7-4-10-22(18)16(23)13-5-3-6-14(11-13)25-2/h3,5-6,8-9,11-12H,4,7,10H2,1-2H3,(H,19,24)/t18-/m1/s1. The summed E-state index contributed by atoms with van der Waals surface area (Å²) in [5.41, 5.74) is -0.204. The van der Waals surface area contributed by atoms with Gasteiger partial charge in [-0.2, -0.15) is 0 Å². The monoisotopic (exact) mass is 340 g/mol. The van der Waals surface area contributed by atoms with E-state index in [0.717, 1.165) is 0 Å². The summed E-state index contributed by atoms with van der Waals surface area (Å²) in [5.74, 6) is 0.0995. The van der Waals surface area contributed by atoms with Gasteiger partial charge in [0.25, 0.3) is 11.8 Å². The molecule has 2 aromatic rings. The van der Waals surface area contributed by atoms with Crippen LogP contribution in [-0.2, 0) is 10.3 Å². The molecule has 3 rings (SSSR count). The molecule has 1 aliphatic rings. The van der Waals surface area contributed by atoms with Crippen molar-refractivity contribution in [2.45, 2.75) is 18.4 Å². The molecule has 25 heavy (non-hydrogen) atoms. The fourth-order valence-corrected chi connectivity index (χ4v) is 3.34. The Kier molecular flexibility index (Phi) is 4.65. The van der Waals surface area contributed by atoms with E-state index in [4.69, 9.17) is 4.74 Å². The normalized spacial score (nSPS) is 19.5. The number of amides is 2. The van der Waals surface area contributed by atoms with E-state index in [9.17, 15) is 9.59 Å². The summed E-state index contributed by atoms with van der Waals surface area (Å²) in [4.78, 5) is 36.0. The van der Waals surface area contributed by atoms with Gasteiger partial charge >= 0.3 is 0 Å². The van der Waals surface area contributed by atoms with Crippen LogP contribution in [0.5, 0.6) is 5.75 Å². The predicted molar refractivity (Wildman–Crippen MR) is 91.0 cm³/mol. The molecule has 0 unspecified atom stereocenters. The number of aromatic nitrogens is 2. The first kappa shape index (κ1) is 16.9. The minimum absolute atomic E-state index is 0.231. The van der Waals surface area contributed by atoms with Gasteiger partial charge in [0.2, 0.25) is 0 Å². The molecule has 0 aliphatic carbocycles. The smallest absolute Gasteiger partial charge is 0.255 e. The summed E-state index contributed by atoms with van der Waals surface area (Å²) < 4.78 is 5.20. The summed E-state index contributed by atoms with van der Waals surface area (Å²) >= 11 is 0. The highest BCUT2D eigenvalue weighted by Gasteiger charge is 2.52. The van der Waals surface area contributed by atoms with Gasteiger partial charge < -0.3 is 15.0 Å². The molecule has 0 radical (unpaired) electrons. The summed E-state index contributed by atoms with van der Waals surface area (Å²) in [7, 11) is 3.11. The van der Waals surface area contributed by atoms with Gasteiger partial charge in [-0.05, 0) is 31.0 Å². The number of carbonyl (C=O) groups is 2. The third kappa shape index (κ3) is 2.82. The number of ether oxygens (including phenoxy) is 1. The van der Waals surface area contributed by atoms with E-state index < -0.39 is 5.54 Å². The number of hydrogen-bond donors (Lipinski definition) is 1. The van der Waals surface area contributed by atoms with Crippen LogP contribution in [0.3, 0.4) is 0 Å². The van der Waals surface area contributed by atoms with E-state index in [1.807, 2.05) is 0 Å². The molecule has 130 valence electrons. The van der Waals surface area contributed by atoms with Crippen molar-refractivity contribution >= 4 is 11.8 Å². The maximum Gasteiger partial charge on any atom is 0.255 e. The Morgan fingerprint density at radius 1 is 1.32 bits per heavy atom. The summed E-state index contributed by atoms with van der Waals surface area (Å²) in [5, 5.41) is 2.68. The zero-order valence-electron chi connectivity index (χ0n) is 14.2. The summed E-state index contributed by atoms with van der Waals surface area (Å²) in [6, 6.07) is 6.92. The fraction of sp³-hybridized carbons (Fsp3) is 0.333. The second kappa shape index (κ2) is 6.88. The Hall–Kier alpha value is -2.96. The third-order valence-electron chi connectivity index (χ3n) is 4.53. The molecule has 1 saturated heterocycles. The number of nitrogens with zero attached hydrogens (tertiary/aromatic N) is 3. The molecule has 1 atom stereocenters. The number of hydrogen-bond acceptors (Lipinski definition) is 5. The second-order valence-corrected chi connectivity index (χ2v) is 5.82. The van der Waals surface area contributed by atoms with Gasteiger partial charge in [0.15, 0.2) is 5.54 Å². The van der Waals surface area contributed by atoms with Crippen LogP contribution in [0.15, 0.2) is 42.9 Å². The Morgan fingerprint density at radius 3 is 2.84 bits per heavy atom. The lowest BCUT2D eigenvalue weighted by Crippen LogP contribution is -2.54. The zero-order valence-corrected chi connectivity index (χ0v) is 14.2. The van der Waals surface area contributed by atoms with E-state index in [1.54, 1.807) is 55.7 Å². The van der Waals surface area contributed by atoms with Crippen molar-refractivity contribution in [3.63, 3.8) is 0 Å². The maximum atomic E-state index is 13.2. The van der Waals surface area contributed by atoms with Crippen molar-refractivity contribution in [1.29, 1.82) is 0 Å². The van der Waals surface area contributed by atoms with Crippen molar-refractivity contribution in [3.05, 3.63) is 54.1 Å². The van der Waals surface area contributed by atoms with Crippen LogP contribution in [0.2, 0.25) is 0 Å². The number of methoxy groups -OCH3 is 1. The lowest BCUT2D eigenvalue weighted by molar-refractivity contribution is -0.131. The molecule has 7 heteroatoms. The minimum Gasteiger partial charge on any atom is -0.497 e. The average Bonchev–Trinajstić information content (AvgIpc) is 3.13. The molecular formula is C18H20N4O3. The van der Waals surface area contributed by atoms with Crippen molar-refractivity contribution in [3.8, 4) is 5.75 Å². The van der Waals surface area contributed by atoms with Crippen LogP contribution in [0.1, 0.15) is 28.9 Å². The van der Waals surface area contributed by atoms with E-state index in [1.165, 1.54) is 6.20 Å². The highest BCUT2D eigenvalue weighted by molar-refractivity contribution is 6.00. The Balaban J connectivity index is 2.06. The number of likely N-dealkylation sites (tertiary alicyclic amines) is 1. The van der Waals surface area contributed by atoms with Crippen molar-refractivity contribution in [1.82, 2.24) is 20.2 Å². The molecule has 7 nitrogen and oxygen atoms in total. The largest absolute Gasteiger partial charge is 0.497 e. The Labute approximate surface area is 146 Å². The quantitative estimate of drug-likeness (QED) is 0.908. The first-order valence-electron chi connectivity index (χ1n) is 8.08. The Morgan fingerprint density at radius 2 is 2.16 bits per heavy atom. The van der Waals surface area contributed by atoms with Gasteiger partial charge in [0.05, 0.1) is 19.0 Å². The van der Waals surface area contributed by atoms with Crippen LogP contribution >= 0.6 is 0 Å². The number of likely N-dealkylation sites (N-methyl/N-ethyl adjacent to an activating group) is 1. The molecule has 2 heterocycles. The molecule has 1 aliphatic heterocycles. The molecule has 1 fully saturated rings. The minimum atomic E-state index is -1.15. The number of nitrogens with one attached hydrogen (secondary N) is 1. The second-order valence-electron chi connectivity index (χ2n) is 5.82. The third-order valence-corrected chi connectivity index (χ3v) is 4.53. The van der Waals surface area contributed by atoms with Crippen LogP contribution in [-0.4, -0.2) is 47.4 Å².